The predicted molar refractivity (Wildman–Crippen MR) is 52.7 cm³/mol. The quantitative estimate of drug-likeness (QED) is 0.546. The fourth-order valence-electron chi connectivity index (χ4n) is 2.31. The minimum atomic E-state index is 0.792. The molecule has 1 aromatic carbocycles. The van der Waals surface area contributed by atoms with Crippen molar-refractivity contribution >= 4 is 0 Å². The first-order valence-corrected chi connectivity index (χ1v) is 4.79. The molecule has 0 spiro atoms. The zero-order valence-corrected chi connectivity index (χ0v) is 8.15. The molecule has 0 saturated heterocycles. The van der Waals surface area contributed by atoms with Gasteiger partial charge in [0.2, 0.25) is 0 Å². The molecule has 0 heteroatoms. The Morgan fingerprint density at radius 2 is 2.00 bits per heavy atom. The van der Waals surface area contributed by atoms with Crippen molar-refractivity contribution in [3.05, 3.63) is 34.4 Å². The van der Waals surface area contributed by atoms with Crippen LogP contribution in [0.1, 0.15) is 41.5 Å². The number of benzene rings is 1. The second kappa shape index (κ2) is 2.62. The zero-order chi connectivity index (χ0) is 8.72. The van der Waals surface area contributed by atoms with Crippen LogP contribution in [0.4, 0.5) is 0 Å². The Hall–Kier alpha value is -0.780. The lowest BCUT2D eigenvalue weighted by Crippen LogP contribution is -1.93. The van der Waals surface area contributed by atoms with Crippen LogP contribution in [0.15, 0.2) is 12.1 Å². The van der Waals surface area contributed by atoms with Crippen molar-refractivity contribution in [1.82, 2.24) is 0 Å². The van der Waals surface area contributed by atoms with Gasteiger partial charge in [-0.15, -0.1) is 0 Å². The first-order chi connectivity index (χ1) is 5.70. The number of rotatable bonds is 0. The summed E-state index contributed by atoms with van der Waals surface area (Å²) in [5.41, 5.74) is 6.20. The van der Waals surface area contributed by atoms with Crippen LogP contribution < -0.4 is 0 Å². The van der Waals surface area contributed by atoms with Gasteiger partial charge in [0, 0.05) is 0 Å². The Bertz CT molecular complexity index is 310. The van der Waals surface area contributed by atoms with E-state index in [2.05, 4.69) is 32.9 Å². The van der Waals surface area contributed by atoms with Crippen molar-refractivity contribution in [2.45, 2.75) is 39.5 Å². The van der Waals surface area contributed by atoms with Gasteiger partial charge in [0.1, 0.15) is 0 Å². The third kappa shape index (κ3) is 0.979. The van der Waals surface area contributed by atoms with Crippen molar-refractivity contribution in [1.29, 1.82) is 0 Å². The number of fused-ring (bicyclic) bond motifs is 1. The van der Waals surface area contributed by atoms with Crippen molar-refractivity contribution in [3.63, 3.8) is 0 Å². The molecule has 0 fully saturated rings. The normalized spacial score (nSPS) is 21.1. The maximum absolute atomic E-state index is 2.35. The van der Waals surface area contributed by atoms with Crippen molar-refractivity contribution in [2.75, 3.05) is 0 Å². The third-order valence-corrected chi connectivity index (χ3v) is 3.22. The fourth-order valence-corrected chi connectivity index (χ4v) is 2.31. The molecule has 1 atom stereocenters. The molecule has 0 radical (unpaired) electrons. The molecule has 1 aliphatic rings. The van der Waals surface area contributed by atoms with E-state index in [1.165, 1.54) is 24.0 Å². The Morgan fingerprint density at radius 3 is 2.75 bits per heavy atom. The Balaban J connectivity index is 2.63. The van der Waals surface area contributed by atoms with Crippen LogP contribution in [-0.4, -0.2) is 0 Å². The molecule has 64 valence electrons. The monoisotopic (exact) mass is 160 g/mol. The van der Waals surface area contributed by atoms with E-state index in [-0.39, 0.29) is 0 Å². The van der Waals surface area contributed by atoms with Gasteiger partial charge >= 0.3 is 0 Å². The summed E-state index contributed by atoms with van der Waals surface area (Å²) in [6.45, 7) is 6.81. The lowest BCUT2D eigenvalue weighted by Gasteiger charge is -2.10. The van der Waals surface area contributed by atoms with Gasteiger partial charge in [-0.05, 0) is 54.9 Å². The van der Waals surface area contributed by atoms with Crippen LogP contribution in [-0.2, 0) is 6.42 Å². The lowest BCUT2D eigenvalue weighted by atomic mass is 9.95. The molecule has 0 saturated carbocycles. The van der Waals surface area contributed by atoms with E-state index in [1.807, 2.05) is 0 Å². The smallest absolute Gasteiger partial charge is 0.0182 e. The maximum atomic E-state index is 2.35. The molecular weight excluding hydrogens is 144 g/mol. The van der Waals surface area contributed by atoms with Gasteiger partial charge in [0.05, 0.1) is 0 Å². The fraction of sp³-hybridized carbons (Fsp3) is 0.500. The minimum absolute atomic E-state index is 0.792. The molecule has 1 aliphatic carbocycles. The van der Waals surface area contributed by atoms with E-state index >= 15 is 0 Å². The summed E-state index contributed by atoms with van der Waals surface area (Å²) in [4.78, 5) is 0. The molecule has 0 aliphatic heterocycles. The Kier molecular flexibility index (Phi) is 1.71. The van der Waals surface area contributed by atoms with Crippen LogP contribution in [0.3, 0.4) is 0 Å². The van der Waals surface area contributed by atoms with E-state index in [1.54, 1.807) is 11.1 Å². The second-order valence-electron chi connectivity index (χ2n) is 4.02. The lowest BCUT2D eigenvalue weighted by molar-refractivity contribution is 0.743. The third-order valence-electron chi connectivity index (χ3n) is 3.22. The summed E-state index contributed by atoms with van der Waals surface area (Å²) in [7, 11) is 0. The van der Waals surface area contributed by atoms with E-state index in [0.717, 1.165) is 5.92 Å². The van der Waals surface area contributed by atoms with Crippen molar-refractivity contribution in [2.24, 2.45) is 0 Å². The van der Waals surface area contributed by atoms with Gasteiger partial charge in [0.25, 0.3) is 0 Å². The molecule has 2 rings (SSSR count). The zero-order valence-electron chi connectivity index (χ0n) is 8.15. The average molecular weight is 160 g/mol. The summed E-state index contributed by atoms with van der Waals surface area (Å²) in [5, 5.41) is 0. The number of hydrogen-bond acceptors (Lipinski definition) is 0. The topological polar surface area (TPSA) is 0 Å². The van der Waals surface area contributed by atoms with E-state index in [9.17, 15) is 0 Å². The summed E-state index contributed by atoms with van der Waals surface area (Å²) in [5.74, 6) is 0.792. The molecule has 1 unspecified atom stereocenters. The number of hydrogen-bond donors (Lipinski definition) is 0. The first kappa shape index (κ1) is 7.85. The van der Waals surface area contributed by atoms with Crippen molar-refractivity contribution < 1.29 is 0 Å². The summed E-state index contributed by atoms with van der Waals surface area (Å²) < 4.78 is 0. The van der Waals surface area contributed by atoms with E-state index in [4.69, 9.17) is 0 Å². The largest absolute Gasteiger partial charge is 0.0588 e. The summed E-state index contributed by atoms with van der Waals surface area (Å²) >= 11 is 0. The number of aryl methyl sites for hydroxylation is 2. The van der Waals surface area contributed by atoms with Gasteiger partial charge in [-0.3, -0.25) is 0 Å². The maximum Gasteiger partial charge on any atom is -0.0182 e. The van der Waals surface area contributed by atoms with Gasteiger partial charge in [-0.1, -0.05) is 19.1 Å². The van der Waals surface area contributed by atoms with Crippen LogP contribution in [0, 0.1) is 13.8 Å². The van der Waals surface area contributed by atoms with E-state index < -0.39 is 0 Å². The average Bonchev–Trinajstić information content (AvgIpc) is 2.41. The van der Waals surface area contributed by atoms with E-state index in [0.29, 0.717) is 0 Å². The van der Waals surface area contributed by atoms with Crippen LogP contribution in [0.5, 0.6) is 0 Å². The molecule has 0 bridgehead atoms. The Morgan fingerprint density at radius 1 is 1.25 bits per heavy atom. The molecule has 0 amide bonds. The first-order valence-electron chi connectivity index (χ1n) is 4.79. The molecular formula is C12H16. The van der Waals surface area contributed by atoms with Gasteiger partial charge in [-0.2, -0.15) is 0 Å². The van der Waals surface area contributed by atoms with Crippen molar-refractivity contribution in [3.8, 4) is 0 Å². The molecule has 0 aromatic heterocycles. The molecule has 12 heavy (non-hydrogen) atoms. The molecule has 0 nitrogen and oxygen atoms in total. The van der Waals surface area contributed by atoms with Crippen LogP contribution in [0.25, 0.3) is 0 Å². The minimum Gasteiger partial charge on any atom is -0.0588 e. The highest BCUT2D eigenvalue weighted by atomic mass is 14.2. The van der Waals surface area contributed by atoms with Crippen LogP contribution >= 0.6 is 0 Å². The van der Waals surface area contributed by atoms with Gasteiger partial charge in [-0.25, -0.2) is 0 Å². The molecule has 0 heterocycles. The predicted octanol–water partition coefficient (Wildman–Crippen LogP) is 3.35. The van der Waals surface area contributed by atoms with Crippen LogP contribution in [0.2, 0.25) is 0 Å². The highest BCUT2D eigenvalue weighted by Gasteiger charge is 2.20. The van der Waals surface area contributed by atoms with Gasteiger partial charge < -0.3 is 0 Å². The standard InChI is InChI=1S/C12H16/c1-8-4-6-11-7-5-9(2)12(11)10(8)3/h4,6,9H,5,7H2,1-3H3. The highest BCUT2D eigenvalue weighted by Crippen LogP contribution is 2.35. The molecule has 1 aromatic rings. The summed E-state index contributed by atoms with van der Waals surface area (Å²) in [6.07, 6.45) is 2.64. The van der Waals surface area contributed by atoms with Gasteiger partial charge in [0.15, 0.2) is 0 Å². The highest BCUT2D eigenvalue weighted by molar-refractivity contribution is 5.44. The molecule has 0 N–H and O–H groups in total. The SMILES string of the molecule is Cc1ccc2c(c1C)C(C)CC2. The second-order valence-corrected chi connectivity index (χ2v) is 4.02. The Labute approximate surface area is 74.6 Å². The summed E-state index contributed by atoms with van der Waals surface area (Å²) in [6, 6.07) is 4.56.